The Morgan fingerprint density at radius 1 is 1.42 bits per heavy atom. The molecule has 26 heavy (non-hydrogen) atoms. The number of hydrogen-bond acceptors (Lipinski definition) is 8. The molecule has 0 aromatic carbocycles. The van der Waals surface area contributed by atoms with Crippen LogP contribution in [0, 0.1) is 6.92 Å². The van der Waals surface area contributed by atoms with E-state index in [0.717, 1.165) is 30.1 Å². The highest BCUT2D eigenvalue weighted by Crippen LogP contribution is 2.35. The van der Waals surface area contributed by atoms with E-state index in [1.165, 1.54) is 16.6 Å². The highest BCUT2D eigenvalue weighted by Gasteiger charge is 2.30. The minimum absolute atomic E-state index is 0.126. The summed E-state index contributed by atoms with van der Waals surface area (Å²) in [6.07, 6.45) is 2.61. The molecule has 1 aliphatic heterocycles. The number of thiazole rings is 1. The van der Waals surface area contributed by atoms with Crippen LogP contribution in [-0.4, -0.2) is 38.3 Å². The van der Waals surface area contributed by atoms with E-state index in [-0.39, 0.29) is 11.9 Å². The molecule has 9 heteroatoms. The fourth-order valence-electron chi connectivity index (χ4n) is 3.06. The van der Waals surface area contributed by atoms with Crippen LogP contribution in [0.2, 0.25) is 0 Å². The molecule has 4 rings (SSSR count). The van der Waals surface area contributed by atoms with Crippen LogP contribution in [0.25, 0.3) is 0 Å². The number of aromatic nitrogens is 3. The molecular weight excluding hydrogens is 388 g/mol. The molecule has 3 aromatic heterocycles. The van der Waals surface area contributed by atoms with Crippen LogP contribution in [-0.2, 0) is 11.2 Å². The van der Waals surface area contributed by atoms with E-state index in [0.29, 0.717) is 23.3 Å². The lowest BCUT2D eigenvalue weighted by Gasteiger charge is -2.23. The molecule has 1 fully saturated rings. The molecule has 1 atom stereocenters. The third kappa shape index (κ3) is 3.99. The van der Waals surface area contributed by atoms with Crippen molar-refractivity contribution in [2.75, 3.05) is 12.3 Å². The molecule has 4 heterocycles. The molecule has 0 N–H and O–H groups in total. The first-order chi connectivity index (χ1) is 12.7. The molecule has 1 amide bonds. The standard InChI is InChI=1S/C17H18N4O2S3/c1-11-18-12(9-25-11)8-15-19-20-17(23-15)26-10-16(22)21-6-2-4-13(21)14-5-3-7-24-14/h3,5,7,9,13H,2,4,6,8,10H2,1H3. The lowest BCUT2D eigenvalue weighted by molar-refractivity contribution is -0.129. The van der Waals surface area contributed by atoms with Gasteiger partial charge in [-0.2, -0.15) is 0 Å². The van der Waals surface area contributed by atoms with E-state index in [1.807, 2.05) is 23.3 Å². The Balaban J connectivity index is 1.33. The summed E-state index contributed by atoms with van der Waals surface area (Å²) in [4.78, 5) is 20.3. The molecule has 136 valence electrons. The van der Waals surface area contributed by atoms with Gasteiger partial charge in [0.25, 0.3) is 5.22 Å². The number of rotatable bonds is 6. The summed E-state index contributed by atoms with van der Waals surface area (Å²) < 4.78 is 5.65. The van der Waals surface area contributed by atoms with Gasteiger partial charge >= 0.3 is 0 Å². The van der Waals surface area contributed by atoms with Crippen LogP contribution >= 0.6 is 34.4 Å². The maximum atomic E-state index is 12.6. The molecule has 0 bridgehead atoms. The van der Waals surface area contributed by atoms with Gasteiger partial charge in [0.2, 0.25) is 11.8 Å². The lowest BCUT2D eigenvalue weighted by atomic mass is 10.2. The molecule has 1 aliphatic rings. The summed E-state index contributed by atoms with van der Waals surface area (Å²) in [5, 5.41) is 13.6. The quantitative estimate of drug-likeness (QED) is 0.577. The van der Waals surface area contributed by atoms with Crippen LogP contribution in [0.4, 0.5) is 0 Å². The fourth-order valence-corrected chi connectivity index (χ4v) is 5.21. The first-order valence-corrected chi connectivity index (χ1v) is 11.1. The minimum Gasteiger partial charge on any atom is -0.416 e. The number of aryl methyl sites for hydroxylation is 1. The van der Waals surface area contributed by atoms with Crippen LogP contribution in [0.1, 0.15) is 40.4 Å². The second-order valence-corrected chi connectivity index (χ2v) is 9.01. The minimum atomic E-state index is 0.126. The molecular formula is C17H18N4O2S3. The maximum Gasteiger partial charge on any atom is 0.277 e. The zero-order valence-electron chi connectivity index (χ0n) is 14.3. The Morgan fingerprint density at radius 2 is 2.35 bits per heavy atom. The largest absolute Gasteiger partial charge is 0.416 e. The third-order valence-electron chi connectivity index (χ3n) is 4.21. The van der Waals surface area contributed by atoms with Crippen molar-refractivity contribution in [3.63, 3.8) is 0 Å². The van der Waals surface area contributed by atoms with Crippen LogP contribution in [0.3, 0.4) is 0 Å². The predicted molar refractivity (Wildman–Crippen MR) is 103 cm³/mol. The van der Waals surface area contributed by atoms with Gasteiger partial charge in [-0.05, 0) is 31.2 Å². The zero-order chi connectivity index (χ0) is 17.9. The van der Waals surface area contributed by atoms with E-state index in [4.69, 9.17) is 4.42 Å². The van der Waals surface area contributed by atoms with Crippen molar-refractivity contribution in [1.82, 2.24) is 20.1 Å². The van der Waals surface area contributed by atoms with Crippen molar-refractivity contribution in [2.45, 2.75) is 37.5 Å². The molecule has 0 saturated carbocycles. The second kappa shape index (κ2) is 7.89. The monoisotopic (exact) mass is 406 g/mol. The summed E-state index contributed by atoms with van der Waals surface area (Å²) in [5.74, 6) is 0.975. The Morgan fingerprint density at radius 3 is 3.12 bits per heavy atom. The second-order valence-electron chi connectivity index (χ2n) is 6.05. The SMILES string of the molecule is Cc1nc(Cc2nnc(SCC(=O)N3CCCC3c3cccs3)o2)cs1. The van der Waals surface area contributed by atoms with Crippen molar-refractivity contribution in [2.24, 2.45) is 0 Å². The molecule has 0 radical (unpaired) electrons. The predicted octanol–water partition coefficient (Wildman–Crippen LogP) is 3.94. The van der Waals surface area contributed by atoms with Crippen molar-refractivity contribution < 1.29 is 9.21 Å². The molecule has 0 aliphatic carbocycles. The number of likely N-dealkylation sites (tertiary alicyclic amines) is 1. The smallest absolute Gasteiger partial charge is 0.277 e. The van der Waals surface area contributed by atoms with Gasteiger partial charge in [-0.1, -0.05) is 17.8 Å². The van der Waals surface area contributed by atoms with Gasteiger partial charge in [-0.15, -0.1) is 32.9 Å². The Kier molecular flexibility index (Phi) is 5.37. The number of hydrogen-bond donors (Lipinski definition) is 0. The number of carbonyl (C=O) groups is 1. The Hall–Kier alpha value is -1.71. The zero-order valence-corrected chi connectivity index (χ0v) is 16.7. The normalized spacial score (nSPS) is 17.1. The van der Waals surface area contributed by atoms with E-state index in [2.05, 4.69) is 26.6 Å². The summed E-state index contributed by atoms with van der Waals surface area (Å²) in [7, 11) is 0. The summed E-state index contributed by atoms with van der Waals surface area (Å²) in [6, 6.07) is 4.37. The Bertz CT molecular complexity index is 874. The highest BCUT2D eigenvalue weighted by molar-refractivity contribution is 7.99. The van der Waals surface area contributed by atoms with Gasteiger partial charge in [0.05, 0.1) is 28.9 Å². The van der Waals surface area contributed by atoms with E-state index < -0.39 is 0 Å². The average Bonchev–Trinajstić information content (AvgIpc) is 3.40. The highest BCUT2D eigenvalue weighted by atomic mass is 32.2. The van der Waals surface area contributed by atoms with Gasteiger partial charge in [0.1, 0.15) is 0 Å². The van der Waals surface area contributed by atoms with E-state index in [9.17, 15) is 4.79 Å². The molecule has 0 spiro atoms. The van der Waals surface area contributed by atoms with E-state index >= 15 is 0 Å². The number of carbonyl (C=O) groups excluding carboxylic acids is 1. The topological polar surface area (TPSA) is 72.1 Å². The average molecular weight is 407 g/mol. The van der Waals surface area contributed by atoms with Gasteiger partial charge < -0.3 is 9.32 Å². The van der Waals surface area contributed by atoms with Crippen LogP contribution in [0.15, 0.2) is 32.5 Å². The Labute approximate surface area is 163 Å². The number of thiophene rings is 1. The van der Waals surface area contributed by atoms with Gasteiger partial charge in [-0.25, -0.2) is 4.98 Å². The first kappa shape index (κ1) is 17.7. The lowest BCUT2D eigenvalue weighted by Crippen LogP contribution is -2.31. The van der Waals surface area contributed by atoms with Crippen molar-refractivity contribution >= 4 is 40.3 Å². The number of nitrogens with zero attached hydrogens (tertiary/aromatic N) is 4. The van der Waals surface area contributed by atoms with Crippen molar-refractivity contribution in [1.29, 1.82) is 0 Å². The van der Waals surface area contributed by atoms with Gasteiger partial charge in [0.15, 0.2) is 0 Å². The summed E-state index contributed by atoms with van der Waals surface area (Å²) in [6.45, 7) is 2.79. The molecule has 1 saturated heterocycles. The molecule has 3 aromatic rings. The number of thioether (sulfide) groups is 1. The maximum absolute atomic E-state index is 12.6. The molecule has 6 nitrogen and oxygen atoms in total. The summed E-state index contributed by atoms with van der Waals surface area (Å²) in [5.41, 5.74) is 0.930. The van der Waals surface area contributed by atoms with Gasteiger partial charge in [0, 0.05) is 16.8 Å². The van der Waals surface area contributed by atoms with Crippen molar-refractivity contribution in [3.05, 3.63) is 44.4 Å². The fraction of sp³-hybridized carbons (Fsp3) is 0.412. The van der Waals surface area contributed by atoms with Crippen molar-refractivity contribution in [3.8, 4) is 0 Å². The summed E-state index contributed by atoms with van der Waals surface area (Å²) >= 11 is 4.62. The van der Waals surface area contributed by atoms with Gasteiger partial charge in [-0.3, -0.25) is 4.79 Å². The first-order valence-electron chi connectivity index (χ1n) is 8.38. The van der Waals surface area contributed by atoms with E-state index in [1.54, 1.807) is 22.7 Å². The number of amides is 1. The third-order valence-corrected chi connectivity index (χ3v) is 6.81. The van der Waals surface area contributed by atoms with Crippen LogP contribution < -0.4 is 0 Å². The molecule has 1 unspecified atom stereocenters. The van der Waals surface area contributed by atoms with Crippen LogP contribution in [0.5, 0.6) is 0 Å².